The minimum atomic E-state index is -2.58. The molecule has 142 valence electrons. The van der Waals surface area contributed by atoms with Crippen molar-refractivity contribution < 1.29 is 8.78 Å². The van der Waals surface area contributed by atoms with Crippen LogP contribution >= 0.6 is 0 Å². The van der Waals surface area contributed by atoms with Crippen LogP contribution in [0.2, 0.25) is 0 Å². The number of alkyl halides is 2. The van der Waals surface area contributed by atoms with Gasteiger partial charge in [-0.3, -0.25) is 4.98 Å². The van der Waals surface area contributed by atoms with Gasteiger partial charge in [-0.1, -0.05) is 26.0 Å². The number of rotatable bonds is 5. The highest BCUT2D eigenvalue weighted by atomic mass is 19.3. The lowest BCUT2D eigenvalue weighted by atomic mass is 9.99. The van der Waals surface area contributed by atoms with Crippen molar-refractivity contribution >= 4 is 5.69 Å². The molecule has 0 saturated carbocycles. The van der Waals surface area contributed by atoms with Gasteiger partial charge in [-0.05, 0) is 36.1 Å². The molecular formula is C21H24F2N4. The Balaban J connectivity index is 1.83. The minimum absolute atomic E-state index is 0.243. The van der Waals surface area contributed by atoms with E-state index in [1.54, 1.807) is 6.07 Å². The van der Waals surface area contributed by atoms with Crippen molar-refractivity contribution in [2.45, 2.75) is 32.7 Å². The Morgan fingerprint density at radius 1 is 1.26 bits per heavy atom. The van der Waals surface area contributed by atoms with Crippen molar-refractivity contribution in [3.63, 3.8) is 0 Å². The van der Waals surface area contributed by atoms with E-state index in [2.05, 4.69) is 35.1 Å². The first-order valence-corrected chi connectivity index (χ1v) is 9.25. The fraction of sp³-hybridized carbons (Fsp3) is 0.429. The van der Waals surface area contributed by atoms with Crippen LogP contribution in [-0.4, -0.2) is 30.7 Å². The molecule has 0 aliphatic carbocycles. The van der Waals surface area contributed by atoms with E-state index in [0.29, 0.717) is 17.5 Å². The molecule has 4 nitrogen and oxygen atoms in total. The monoisotopic (exact) mass is 370 g/mol. The first-order valence-electron chi connectivity index (χ1n) is 9.25. The quantitative estimate of drug-likeness (QED) is 0.848. The first kappa shape index (κ1) is 19.2. The lowest BCUT2D eigenvalue weighted by Gasteiger charge is -2.36. The van der Waals surface area contributed by atoms with Gasteiger partial charge >= 0.3 is 0 Å². The number of hydrogen-bond donors (Lipinski definition) is 1. The van der Waals surface area contributed by atoms with Crippen molar-refractivity contribution in [1.82, 2.24) is 10.3 Å². The van der Waals surface area contributed by atoms with Crippen LogP contribution in [0, 0.1) is 17.2 Å². The summed E-state index contributed by atoms with van der Waals surface area (Å²) in [6, 6.07) is 11.3. The van der Waals surface area contributed by atoms with Gasteiger partial charge in [0, 0.05) is 37.4 Å². The largest absolute Gasteiger partial charge is 0.368 e. The third-order valence-corrected chi connectivity index (χ3v) is 4.81. The molecule has 0 bridgehead atoms. The number of benzene rings is 1. The third-order valence-electron chi connectivity index (χ3n) is 4.81. The Hall–Kier alpha value is -2.52. The topological polar surface area (TPSA) is 52.0 Å². The van der Waals surface area contributed by atoms with E-state index in [9.17, 15) is 14.0 Å². The summed E-state index contributed by atoms with van der Waals surface area (Å²) in [7, 11) is 0. The number of piperazine rings is 1. The molecule has 0 spiro atoms. The van der Waals surface area contributed by atoms with Crippen molar-refractivity contribution in [3.8, 4) is 17.2 Å². The molecule has 1 N–H and O–H groups in total. The summed E-state index contributed by atoms with van der Waals surface area (Å²) >= 11 is 0. The zero-order valence-corrected chi connectivity index (χ0v) is 15.6. The maximum absolute atomic E-state index is 12.7. The second-order valence-corrected chi connectivity index (χ2v) is 7.34. The summed E-state index contributed by atoms with van der Waals surface area (Å²) in [4.78, 5) is 6.06. The van der Waals surface area contributed by atoms with Gasteiger partial charge in [0.2, 0.25) is 0 Å². The highest BCUT2D eigenvalue weighted by Crippen LogP contribution is 2.29. The predicted octanol–water partition coefficient (Wildman–Crippen LogP) is 4.38. The fourth-order valence-corrected chi connectivity index (χ4v) is 3.56. The molecule has 1 aromatic carbocycles. The van der Waals surface area contributed by atoms with Gasteiger partial charge < -0.3 is 10.2 Å². The lowest BCUT2D eigenvalue weighted by molar-refractivity contribution is 0.146. The second-order valence-electron chi connectivity index (χ2n) is 7.34. The molecule has 1 aliphatic heterocycles. The molecule has 27 heavy (non-hydrogen) atoms. The number of nitriles is 1. The molecular weight excluding hydrogens is 346 g/mol. The average Bonchev–Trinajstić information content (AvgIpc) is 2.67. The number of anilines is 1. The van der Waals surface area contributed by atoms with Crippen LogP contribution in [0.4, 0.5) is 14.5 Å². The SMILES string of the molecule is CC(C)CC1CN(c2ccc(-c3ccc(C(F)F)nc3)cc2C#N)CCN1. The number of aromatic nitrogens is 1. The Labute approximate surface area is 158 Å². The number of nitrogens with one attached hydrogen (secondary N) is 1. The van der Waals surface area contributed by atoms with Crippen LogP contribution in [-0.2, 0) is 0 Å². The molecule has 2 aromatic rings. The summed E-state index contributed by atoms with van der Waals surface area (Å²) < 4.78 is 25.3. The van der Waals surface area contributed by atoms with Gasteiger partial charge in [0.25, 0.3) is 6.43 Å². The molecule has 1 unspecified atom stereocenters. The van der Waals surface area contributed by atoms with Gasteiger partial charge in [-0.2, -0.15) is 5.26 Å². The van der Waals surface area contributed by atoms with E-state index >= 15 is 0 Å². The van der Waals surface area contributed by atoms with E-state index in [4.69, 9.17) is 0 Å². The van der Waals surface area contributed by atoms with Crippen molar-refractivity contribution in [1.29, 1.82) is 5.26 Å². The summed E-state index contributed by atoms with van der Waals surface area (Å²) in [5, 5.41) is 13.2. The summed E-state index contributed by atoms with van der Waals surface area (Å²) in [6.45, 7) is 7.04. The highest BCUT2D eigenvalue weighted by molar-refractivity contribution is 5.71. The average molecular weight is 370 g/mol. The number of hydrogen-bond acceptors (Lipinski definition) is 4. The Kier molecular flexibility index (Phi) is 6.02. The number of nitrogens with zero attached hydrogens (tertiary/aromatic N) is 3. The molecule has 1 saturated heterocycles. The van der Waals surface area contributed by atoms with Gasteiger partial charge in [-0.25, -0.2) is 8.78 Å². The minimum Gasteiger partial charge on any atom is -0.368 e. The summed E-state index contributed by atoms with van der Waals surface area (Å²) in [5.74, 6) is 0.615. The molecule has 2 heterocycles. The first-order chi connectivity index (χ1) is 13.0. The summed E-state index contributed by atoms with van der Waals surface area (Å²) in [5.41, 5.74) is 2.80. The van der Waals surface area contributed by atoms with Crippen molar-refractivity contribution in [3.05, 3.63) is 47.8 Å². The number of halogens is 2. The van der Waals surface area contributed by atoms with E-state index in [1.807, 2.05) is 18.2 Å². The van der Waals surface area contributed by atoms with E-state index < -0.39 is 6.43 Å². The van der Waals surface area contributed by atoms with Gasteiger partial charge in [0.05, 0.1) is 11.3 Å². The third kappa shape index (κ3) is 4.61. The van der Waals surface area contributed by atoms with Crippen molar-refractivity contribution in [2.75, 3.05) is 24.5 Å². The van der Waals surface area contributed by atoms with Gasteiger partial charge in [-0.15, -0.1) is 0 Å². The molecule has 0 radical (unpaired) electrons. The van der Waals surface area contributed by atoms with Crippen LogP contribution in [0.5, 0.6) is 0 Å². The maximum atomic E-state index is 12.7. The summed E-state index contributed by atoms with van der Waals surface area (Å²) in [6.07, 6.45) is -0.0534. The van der Waals surface area contributed by atoms with Crippen molar-refractivity contribution in [2.24, 2.45) is 5.92 Å². The maximum Gasteiger partial charge on any atom is 0.280 e. The van der Waals surface area contributed by atoms with Gasteiger partial charge in [0.1, 0.15) is 11.8 Å². The van der Waals surface area contributed by atoms with Gasteiger partial charge in [0.15, 0.2) is 0 Å². The predicted molar refractivity (Wildman–Crippen MR) is 103 cm³/mol. The standard InChI is InChI=1S/C21H24F2N4/c1-14(2)9-18-13-27(8-7-25-18)20-6-4-15(10-17(20)11-24)16-3-5-19(21(22)23)26-12-16/h3-6,10,12,14,18,21,25H,7-9,13H2,1-2H3. The smallest absolute Gasteiger partial charge is 0.280 e. The molecule has 3 rings (SSSR count). The highest BCUT2D eigenvalue weighted by Gasteiger charge is 2.22. The number of pyridine rings is 1. The molecule has 6 heteroatoms. The molecule has 1 aromatic heterocycles. The molecule has 1 fully saturated rings. The van der Waals surface area contributed by atoms with Crippen LogP contribution in [0.15, 0.2) is 36.5 Å². The second kappa shape index (κ2) is 8.45. The molecule has 1 aliphatic rings. The Morgan fingerprint density at radius 2 is 2.04 bits per heavy atom. The normalized spacial score (nSPS) is 17.4. The fourth-order valence-electron chi connectivity index (χ4n) is 3.56. The van der Waals surface area contributed by atoms with Crippen LogP contribution in [0.1, 0.15) is 38.0 Å². The Morgan fingerprint density at radius 3 is 2.67 bits per heavy atom. The van der Waals surface area contributed by atoms with E-state index in [1.165, 1.54) is 12.3 Å². The van der Waals surface area contributed by atoms with E-state index in [0.717, 1.165) is 42.9 Å². The molecule has 1 atom stereocenters. The van der Waals surface area contributed by atoms with E-state index in [-0.39, 0.29) is 5.69 Å². The Bertz CT molecular complexity index is 812. The van der Waals surface area contributed by atoms with Crippen LogP contribution in [0.25, 0.3) is 11.1 Å². The van der Waals surface area contributed by atoms with Crippen LogP contribution in [0.3, 0.4) is 0 Å². The lowest BCUT2D eigenvalue weighted by Crippen LogP contribution is -2.51. The molecule has 0 amide bonds. The zero-order valence-electron chi connectivity index (χ0n) is 15.6. The van der Waals surface area contributed by atoms with Crippen LogP contribution < -0.4 is 10.2 Å². The zero-order chi connectivity index (χ0) is 19.4.